The van der Waals surface area contributed by atoms with Crippen LogP contribution in [0.5, 0.6) is 17.4 Å². The van der Waals surface area contributed by atoms with Crippen molar-refractivity contribution in [2.45, 2.75) is 19.6 Å². The number of halogens is 2. The number of hydrogen-bond donors (Lipinski definition) is 1. The standard InChI is InChI=1S/C23H24BrFN2O3/c1-28-21-13-18(15-26-10-4-12-29-23-5-2-3-11-27-23)20(24)14-22(21)30-16-17-6-8-19(25)9-7-17/h2-3,5-9,11,13-14,26H,4,10,12,15-16H2,1H3. The van der Waals surface area contributed by atoms with Gasteiger partial charge >= 0.3 is 0 Å². The van der Waals surface area contributed by atoms with E-state index in [0.29, 0.717) is 37.1 Å². The summed E-state index contributed by atoms with van der Waals surface area (Å²) in [5.74, 6) is 1.65. The molecule has 0 aliphatic heterocycles. The average Bonchev–Trinajstić information content (AvgIpc) is 2.77. The number of methoxy groups -OCH3 is 1. The van der Waals surface area contributed by atoms with Crippen molar-refractivity contribution in [1.29, 1.82) is 0 Å². The molecule has 1 N–H and O–H groups in total. The second-order valence-corrected chi connectivity index (χ2v) is 7.41. The van der Waals surface area contributed by atoms with E-state index in [-0.39, 0.29) is 5.82 Å². The van der Waals surface area contributed by atoms with Crippen molar-refractivity contribution in [3.05, 3.63) is 82.2 Å². The Hall–Kier alpha value is -2.64. The van der Waals surface area contributed by atoms with E-state index in [1.165, 1.54) is 12.1 Å². The molecule has 0 bridgehead atoms. The lowest BCUT2D eigenvalue weighted by molar-refractivity contribution is 0.284. The lowest BCUT2D eigenvalue weighted by Gasteiger charge is -2.14. The molecule has 0 saturated carbocycles. The van der Waals surface area contributed by atoms with Crippen LogP contribution in [0, 0.1) is 5.82 Å². The molecule has 1 heterocycles. The van der Waals surface area contributed by atoms with Crippen LogP contribution in [0.3, 0.4) is 0 Å². The Morgan fingerprint density at radius 1 is 1.03 bits per heavy atom. The van der Waals surface area contributed by atoms with Gasteiger partial charge < -0.3 is 19.5 Å². The van der Waals surface area contributed by atoms with Crippen molar-refractivity contribution in [2.24, 2.45) is 0 Å². The number of aromatic nitrogens is 1. The highest BCUT2D eigenvalue weighted by Gasteiger charge is 2.11. The third-order valence-corrected chi connectivity index (χ3v) is 5.08. The third-order valence-electron chi connectivity index (χ3n) is 4.34. The third kappa shape index (κ3) is 6.71. The molecule has 2 aromatic carbocycles. The quantitative estimate of drug-likeness (QED) is 0.390. The number of rotatable bonds is 11. The average molecular weight is 475 g/mol. The summed E-state index contributed by atoms with van der Waals surface area (Å²) in [6.45, 7) is 2.42. The molecule has 5 nitrogen and oxygen atoms in total. The van der Waals surface area contributed by atoms with Gasteiger partial charge in [-0.05, 0) is 54.4 Å². The van der Waals surface area contributed by atoms with Gasteiger partial charge in [0.1, 0.15) is 12.4 Å². The summed E-state index contributed by atoms with van der Waals surface area (Å²) in [5, 5.41) is 3.40. The molecular weight excluding hydrogens is 451 g/mol. The monoisotopic (exact) mass is 474 g/mol. The number of benzene rings is 2. The van der Waals surface area contributed by atoms with Gasteiger partial charge in [-0.2, -0.15) is 0 Å². The minimum atomic E-state index is -0.265. The van der Waals surface area contributed by atoms with E-state index < -0.39 is 0 Å². The van der Waals surface area contributed by atoms with Crippen molar-refractivity contribution in [1.82, 2.24) is 10.3 Å². The van der Waals surface area contributed by atoms with Crippen molar-refractivity contribution in [3.8, 4) is 17.4 Å². The first-order chi connectivity index (χ1) is 14.7. The van der Waals surface area contributed by atoms with Crippen molar-refractivity contribution >= 4 is 15.9 Å². The second kappa shape index (κ2) is 11.5. The topological polar surface area (TPSA) is 52.6 Å². The molecule has 0 atom stereocenters. The zero-order chi connectivity index (χ0) is 21.2. The molecule has 30 heavy (non-hydrogen) atoms. The number of nitrogens with zero attached hydrogens (tertiary/aromatic N) is 1. The van der Waals surface area contributed by atoms with Crippen LogP contribution in [0.2, 0.25) is 0 Å². The fourth-order valence-electron chi connectivity index (χ4n) is 2.76. The summed E-state index contributed by atoms with van der Waals surface area (Å²) in [6, 6.07) is 15.7. The molecular formula is C23H24BrFN2O3. The minimum absolute atomic E-state index is 0.265. The zero-order valence-corrected chi connectivity index (χ0v) is 18.3. The maximum absolute atomic E-state index is 13.0. The van der Waals surface area contributed by atoms with Crippen LogP contribution >= 0.6 is 15.9 Å². The first kappa shape index (κ1) is 22.1. The van der Waals surface area contributed by atoms with Crippen LogP contribution in [0.25, 0.3) is 0 Å². The normalized spacial score (nSPS) is 10.6. The van der Waals surface area contributed by atoms with Gasteiger partial charge in [0.15, 0.2) is 11.5 Å². The van der Waals surface area contributed by atoms with E-state index >= 15 is 0 Å². The van der Waals surface area contributed by atoms with Crippen LogP contribution in [-0.4, -0.2) is 25.2 Å². The van der Waals surface area contributed by atoms with Gasteiger partial charge in [-0.25, -0.2) is 9.37 Å². The van der Waals surface area contributed by atoms with Crippen LogP contribution in [0.4, 0.5) is 4.39 Å². The van der Waals surface area contributed by atoms with Gasteiger partial charge in [-0.3, -0.25) is 0 Å². The Kier molecular flexibility index (Phi) is 8.47. The Morgan fingerprint density at radius 3 is 2.60 bits per heavy atom. The van der Waals surface area contributed by atoms with Crippen LogP contribution in [0.15, 0.2) is 65.3 Å². The van der Waals surface area contributed by atoms with Crippen LogP contribution < -0.4 is 19.5 Å². The van der Waals surface area contributed by atoms with Gasteiger partial charge in [0.2, 0.25) is 5.88 Å². The predicted molar refractivity (Wildman–Crippen MR) is 117 cm³/mol. The number of nitrogens with one attached hydrogen (secondary N) is 1. The van der Waals surface area contributed by atoms with Gasteiger partial charge in [0.25, 0.3) is 0 Å². The second-order valence-electron chi connectivity index (χ2n) is 6.56. The molecule has 3 rings (SSSR count). The van der Waals surface area contributed by atoms with E-state index in [1.807, 2.05) is 30.3 Å². The van der Waals surface area contributed by atoms with Crippen molar-refractivity contribution < 1.29 is 18.6 Å². The maximum atomic E-state index is 13.0. The fourth-order valence-corrected chi connectivity index (χ4v) is 3.22. The molecule has 1 aromatic heterocycles. The van der Waals surface area contributed by atoms with Crippen molar-refractivity contribution in [3.63, 3.8) is 0 Å². The Bertz CT molecular complexity index is 924. The van der Waals surface area contributed by atoms with Gasteiger partial charge in [0, 0.05) is 23.3 Å². The molecule has 0 amide bonds. The number of hydrogen-bond acceptors (Lipinski definition) is 5. The summed E-state index contributed by atoms with van der Waals surface area (Å²) in [4.78, 5) is 4.13. The summed E-state index contributed by atoms with van der Waals surface area (Å²) in [6.07, 6.45) is 2.58. The number of ether oxygens (including phenoxy) is 3. The number of pyridine rings is 1. The highest BCUT2D eigenvalue weighted by molar-refractivity contribution is 9.10. The molecule has 0 fully saturated rings. The first-order valence-corrected chi connectivity index (χ1v) is 10.4. The van der Waals surface area contributed by atoms with Gasteiger partial charge in [-0.1, -0.05) is 34.1 Å². The predicted octanol–water partition coefficient (Wildman–Crippen LogP) is 5.13. The summed E-state index contributed by atoms with van der Waals surface area (Å²) in [7, 11) is 1.61. The summed E-state index contributed by atoms with van der Waals surface area (Å²) < 4.78 is 30.9. The Morgan fingerprint density at radius 2 is 1.87 bits per heavy atom. The molecule has 3 aromatic rings. The Labute approximate surface area is 184 Å². The lowest BCUT2D eigenvalue weighted by atomic mass is 10.2. The first-order valence-electron chi connectivity index (χ1n) is 9.64. The molecule has 0 spiro atoms. The minimum Gasteiger partial charge on any atom is -0.493 e. The molecule has 0 aliphatic carbocycles. The molecule has 0 unspecified atom stereocenters. The Balaban J connectivity index is 1.47. The maximum Gasteiger partial charge on any atom is 0.213 e. The lowest BCUT2D eigenvalue weighted by Crippen LogP contribution is -2.17. The summed E-state index contributed by atoms with van der Waals surface area (Å²) >= 11 is 3.60. The van der Waals surface area contributed by atoms with Gasteiger partial charge in [0.05, 0.1) is 13.7 Å². The highest BCUT2D eigenvalue weighted by atomic mass is 79.9. The molecule has 0 aliphatic rings. The van der Waals surface area contributed by atoms with Gasteiger partial charge in [-0.15, -0.1) is 0 Å². The molecule has 0 radical (unpaired) electrons. The van der Waals surface area contributed by atoms with E-state index in [9.17, 15) is 4.39 Å². The highest BCUT2D eigenvalue weighted by Crippen LogP contribution is 2.34. The SMILES string of the molecule is COc1cc(CNCCCOc2ccccn2)c(Br)cc1OCc1ccc(F)cc1. The van der Waals surface area contributed by atoms with Crippen LogP contribution in [-0.2, 0) is 13.2 Å². The van der Waals surface area contributed by atoms with E-state index in [1.54, 1.807) is 25.4 Å². The molecule has 7 heteroatoms. The molecule has 0 saturated heterocycles. The summed E-state index contributed by atoms with van der Waals surface area (Å²) in [5.41, 5.74) is 1.94. The zero-order valence-electron chi connectivity index (χ0n) is 16.7. The van der Waals surface area contributed by atoms with Crippen LogP contribution in [0.1, 0.15) is 17.5 Å². The largest absolute Gasteiger partial charge is 0.493 e. The molecule has 158 valence electrons. The smallest absolute Gasteiger partial charge is 0.213 e. The van der Waals surface area contributed by atoms with E-state index in [4.69, 9.17) is 14.2 Å². The van der Waals surface area contributed by atoms with E-state index in [0.717, 1.165) is 28.6 Å². The van der Waals surface area contributed by atoms with E-state index in [2.05, 4.69) is 26.2 Å². The fraction of sp³-hybridized carbons (Fsp3) is 0.261. The van der Waals surface area contributed by atoms with Crippen molar-refractivity contribution in [2.75, 3.05) is 20.3 Å².